The molecule has 0 amide bonds. The third-order valence-electron chi connectivity index (χ3n) is 4.86. The molecule has 1 saturated heterocycles. The van der Waals surface area contributed by atoms with E-state index in [-0.39, 0.29) is 5.41 Å². The number of hydrogen-bond donors (Lipinski definition) is 1. The number of phenolic OH excluding ortho intramolecular Hbond substituents is 1. The number of hydrogen-bond acceptors (Lipinski definition) is 2. The number of para-hydroxylation sites is 1. The number of phenols is 1. The van der Waals surface area contributed by atoms with E-state index in [9.17, 15) is 5.11 Å². The zero-order valence-corrected chi connectivity index (χ0v) is 12.8. The summed E-state index contributed by atoms with van der Waals surface area (Å²) in [6, 6.07) is 14.4. The molecule has 112 valence electrons. The first-order valence-electron chi connectivity index (χ1n) is 7.54. The average Bonchev–Trinajstić information content (AvgIpc) is 2.80. The number of benzene rings is 2. The van der Waals surface area contributed by atoms with Crippen molar-refractivity contribution >= 4 is 10.9 Å². The van der Waals surface area contributed by atoms with Gasteiger partial charge in [0.05, 0.1) is 18.6 Å². The Balaban J connectivity index is 1.95. The van der Waals surface area contributed by atoms with E-state index in [1.54, 1.807) is 6.07 Å². The molecule has 0 bridgehead atoms. The minimum Gasteiger partial charge on any atom is -0.508 e. The average molecular weight is 293 g/mol. The summed E-state index contributed by atoms with van der Waals surface area (Å²) in [5.41, 5.74) is 4.55. The quantitative estimate of drug-likeness (QED) is 0.784. The van der Waals surface area contributed by atoms with Crippen LogP contribution < -0.4 is 0 Å². The van der Waals surface area contributed by atoms with Crippen molar-refractivity contribution in [2.75, 3.05) is 13.2 Å². The van der Waals surface area contributed by atoms with Gasteiger partial charge in [-0.1, -0.05) is 30.3 Å². The molecule has 1 N–H and O–H groups in total. The fourth-order valence-corrected chi connectivity index (χ4v) is 3.46. The van der Waals surface area contributed by atoms with Crippen molar-refractivity contribution in [1.82, 2.24) is 4.57 Å². The van der Waals surface area contributed by atoms with Gasteiger partial charge >= 0.3 is 0 Å². The second kappa shape index (κ2) is 4.62. The van der Waals surface area contributed by atoms with Crippen LogP contribution in [-0.4, -0.2) is 22.9 Å². The standard InChI is InChI=1S/C19H19NO2/c1-13-9-14(7-8-18(13)21)19(11-22-12-19)16-10-20(2)17-6-4-3-5-15(16)17/h3-10,21H,11-12H2,1-2H3. The molecule has 3 aromatic rings. The van der Waals surface area contributed by atoms with Gasteiger partial charge in [0.15, 0.2) is 0 Å². The van der Waals surface area contributed by atoms with E-state index in [4.69, 9.17) is 4.74 Å². The number of rotatable bonds is 2. The van der Waals surface area contributed by atoms with Gasteiger partial charge in [-0.15, -0.1) is 0 Å². The maximum absolute atomic E-state index is 9.81. The highest BCUT2D eigenvalue weighted by atomic mass is 16.5. The zero-order chi connectivity index (χ0) is 15.3. The molecule has 1 aromatic heterocycles. The molecule has 22 heavy (non-hydrogen) atoms. The first-order chi connectivity index (χ1) is 10.6. The second-order valence-corrected chi connectivity index (χ2v) is 6.25. The van der Waals surface area contributed by atoms with Crippen LogP contribution in [-0.2, 0) is 17.2 Å². The first kappa shape index (κ1) is 13.4. The van der Waals surface area contributed by atoms with Crippen LogP contribution in [0.3, 0.4) is 0 Å². The molecule has 1 aliphatic heterocycles. The summed E-state index contributed by atoms with van der Waals surface area (Å²) in [6.07, 6.45) is 2.22. The molecular formula is C19H19NO2. The Bertz CT molecular complexity index is 859. The van der Waals surface area contributed by atoms with Crippen molar-refractivity contribution in [3.8, 4) is 5.75 Å². The summed E-state index contributed by atoms with van der Waals surface area (Å²) in [5.74, 6) is 0.345. The van der Waals surface area contributed by atoms with Crippen LogP contribution in [0, 0.1) is 6.92 Å². The number of aromatic hydroxyl groups is 1. The summed E-state index contributed by atoms with van der Waals surface area (Å²) < 4.78 is 7.78. The lowest BCUT2D eigenvalue weighted by atomic mass is 9.72. The molecule has 1 fully saturated rings. The molecule has 0 unspecified atom stereocenters. The van der Waals surface area contributed by atoms with Gasteiger partial charge in [0, 0.05) is 24.1 Å². The Morgan fingerprint density at radius 3 is 2.59 bits per heavy atom. The lowest BCUT2D eigenvalue weighted by Gasteiger charge is -2.42. The summed E-state index contributed by atoms with van der Waals surface area (Å²) in [4.78, 5) is 0. The van der Waals surface area contributed by atoms with Gasteiger partial charge in [0.1, 0.15) is 5.75 Å². The van der Waals surface area contributed by atoms with Gasteiger partial charge in [-0.3, -0.25) is 0 Å². The van der Waals surface area contributed by atoms with Gasteiger partial charge < -0.3 is 14.4 Å². The summed E-state index contributed by atoms with van der Waals surface area (Å²) in [5, 5.41) is 11.1. The maximum atomic E-state index is 9.81. The van der Waals surface area contributed by atoms with Crippen LogP contribution in [0.2, 0.25) is 0 Å². The molecule has 1 aliphatic rings. The SMILES string of the molecule is Cc1cc(C2(c3cn(C)c4ccccc34)COC2)ccc1O. The van der Waals surface area contributed by atoms with Crippen molar-refractivity contribution in [2.24, 2.45) is 7.05 Å². The molecule has 0 radical (unpaired) electrons. The minimum absolute atomic E-state index is 0.112. The Labute approximate surface area is 129 Å². The van der Waals surface area contributed by atoms with Crippen molar-refractivity contribution in [3.05, 3.63) is 65.4 Å². The van der Waals surface area contributed by atoms with E-state index >= 15 is 0 Å². The van der Waals surface area contributed by atoms with Crippen LogP contribution in [0.5, 0.6) is 5.75 Å². The van der Waals surface area contributed by atoms with Crippen LogP contribution in [0.25, 0.3) is 10.9 Å². The molecule has 2 aromatic carbocycles. The topological polar surface area (TPSA) is 34.4 Å². The first-order valence-corrected chi connectivity index (χ1v) is 7.54. The summed E-state index contributed by atoms with van der Waals surface area (Å²) >= 11 is 0. The van der Waals surface area contributed by atoms with E-state index in [0.717, 1.165) is 5.56 Å². The van der Waals surface area contributed by atoms with Gasteiger partial charge in [-0.25, -0.2) is 0 Å². The number of fused-ring (bicyclic) bond motifs is 1. The van der Waals surface area contributed by atoms with Crippen LogP contribution in [0.1, 0.15) is 16.7 Å². The van der Waals surface area contributed by atoms with Crippen LogP contribution in [0.4, 0.5) is 0 Å². The Morgan fingerprint density at radius 2 is 1.91 bits per heavy atom. The second-order valence-electron chi connectivity index (χ2n) is 6.25. The third-order valence-corrected chi connectivity index (χ3v) is 4.86. The zero-order valence-electron chi connectivity index (χ0n) is 12.8. The molecule has 0 atom stereocenters. The predicted molar refractivity (Wildman–Crippen MR) is 87.4 cm³/mol. The van der Waals surface area contributed by atoms with Crippen LogP contribution in [0.15, 0.2) is 48.7 Å². The summed E-state index contributed by atoms with van der Waals surface area (Å²) in [6.45, 7) is 3.31. The smallest absolute Gasteiger partial charge is 0.118 e. The van der Waals surface area contributed by atoms with Gasteiger partial charge in [0.2, 0.25) is 0 Å². The largest absolute Gasteiger partial charge is 0.508 e. The Kier molecular flexibility index (Phi) is 2.81. The predicted octanol–water partition coefficient (Wildman–Crippen LogP) is 3.51. The van der Waals surface area contributed by atoms with Crippen molar-refractivity contribution in [2.45, 2.75) is 12.3 Å². The number of ether oxygens (including phenoxy) is 1. The minimum atomic E-state index is -0.112. The highest BCUT2D eigenvalue weighted by molar-refractivity contribution is 5.86. The van der Waals surface area contributed by atoms with Gasteiger partial charge in [-0.2, -0.15) is 0 Å². The van der Waals surface area contributed by atoms with E-state index in [1.165, 1.54) is 22.0 Å². The van der Waals surface area contributed by atoms with Crippen molar-refractivity contribution in [1.29, 1.82) is 0 Å². The highest BCUT2D eigenvalue weighted by Crippen LogP contribution is 2.43. The van der Waals surface area contributed by atoms with E-state index in [2.05, 4.69) is 48.1 Å². The van der Waals surface area contributed by atoms with E-state index < -0.39 is 0 Å². The molecular weight excluding hydrogens is 274 g/mol. The molecule has 0 saturated carbocycles. The van der Waals surface area contributed by atoms with Gasteiger partial charge in [-0.05, 0) is 35.7 Å². The van der Waals surface area contributed by atoms with E-state index in [0.29, 0.717) is 19.0 Å². The lowest BCUT2D eigenvalue weighted by Crippen LogP contribution is -2.47. The highest BCUT2D eigenvalue weighted by Gasteiger charge is 2.44. The number of aromatic nitrogens is 1. The molecule has 0 spiro atoms. The Hall–Kier alpha value is -2.26. The molecule has 0 aliphatic carbocycles. The molecule has 4 rings (SSSR count). The van der Waals surface area contributed by atoms with Gasteiger partial charge in [0.25, 0.3) is 0 Å². The number of aryl methyl sites for hydroxylation is 2. The third kappa shape index (κ3) is 1.72. The van der Waals surface area contributed by atoms with Crippen LogP contribution >= 0.6 is 0 Å². The normalized spacial score (nSPS) is 16.6. The van der Waals surface area contributed by atoms with E-state index in [1.807, 2.05) is 13.0 Å². The molecule has 2 heterocycles. The number of nitrogens with zero attached hydrogens (tertiary/aromatic N) is 1. The molecule has 3 nitrogen and oxygen atoms in total. The Morgan fingerprint density at radius 1 is 1.14 bits per heavy atom. The lowest BCUT2D eigenvalue weighted by molar-refractivity contribution is -0.0373. The van der Waals surface area contributed by atoms with Crippen molar-refractivity contribution < 1.29 is 9.84 Å². The molecule has 3 heteroatoms. The monoisotopic (exact) mass is 293 g/mol. The van der Waals surface area contributed by atoms with Crippen molar-refractivity contribution in [3.63, 3.8) is 0 Å². The maximum Gasteiger partial charge on any atom is 0.118 e. The fourth-order valence-electron chi connectivity index (χ4n) is 3.46. The summed E-state index contributed by atoms with van der Waals surface area (Å²) in [7, 11) is 2.08. The fraction of sp³-hybridized carbons (Fsp3) is 0.263.